The molecule has 0 bridgehead atoms. The van der Waals surface area contributed by atoms with E-state index >= 15 is 0 Å². The van der Waals surface area contributed by atoms with Gasteiger partial charge in [-0.1, -0.05) is 13.3 Å². The highest BCUT2D eigenvalue weighted by Crippen LogP contribution is 2.29. The minimum Gasteiger partial charge on any atom is -0.481 e. The van der Waals surface area contributed by atoms with E-state index in [0.717, 1.165) is 30.2 Å². The van der Waals surface area contributed by atoms with E-state index in [2.05, 4.69) is 12.2 Å². The Morgan fingerprint density at radius 3 is 2.55 bits per heavy atom. The Kier molecular flexibility index (Phi) is 8.18. The second-order valence-corrected chi connectivity index (χ2v) is 7.35. The number of nitrogens with one attached hydrogen (secondary N) is 1. The van der Waals surface area contributed by atoms with E-state index in [1.807, 2.05) is 0 Å². The van der Waals surface area contributed by atoms with Crippen LogP contribution in [0.4, 0.5) is 0 Å². The number of benzene rings is 1. The van der Waals surface area contributed by atoms with Crippen molar-refractivity contribution in [2.75, 3.05) is 0 Å². The highest BCUT2D eigenvalue weighted by Gasteiger charge is 2.25. The van der Waals surface area contributed by atoms with Gasteiger partial charge in [0.05, 0.1) is 0 Å². The van der Waals surface area contributed by atoms with Crippen LogP contribution in [0.15, 0.2) is 27.4 Å². The molecule has 0 radical (unpaired) electrons. The second-order valence-electron chi connectivity index (χ2n) is 7.35. The third kappa shape index (κ3) is 6.31. The Balaban J connectivity index is 2.21. The number of hydrogen-bond acceptors (Lipinski definition) is 6. The van der Waals surface area contributed by atoms with E-state index in [-0.39, 0.29) is 6.42 Å². The highest BCUT2D eigenvalue weighted by atomic mass is 16.5. The van der Waals surface area contributed by atoms with E-state index in [1.165, 1.54) is 13.0 Å². The van der Waals surface area contributed by atoms with Crippen molar-refractivity contribution in [3.63, 3.8) is 0 Å². The fourth-order valence-electron chi connectivity index (χ4n) is 3.17. The number of ether oxygens (including phenoxy) is 1. The van der Waals surface area contributed by atoms with Gasteiger partial charge >= 0.3 is 17.6 Å². The lowest BCUT2D eigenvalue weighted by Crippen LogP contribution is -2.46. The summed E-state index contributed by atoms with van der Waals surface area (Å²) < 4.78 is 11.1. The smallest absolute Gasteiger partial charge is 0.336 e. The fourth-order valence-corrected chi connectivity index (χ4v) is 3.17. The first kappa shape index (κ1) is 23.9. The molecule has 3 N–H and O–H groups in total. The Hall–Kier alpha value is -3.36. The van der Waals surface area contributed by atoms with E-state index in [1.54, 1.807) is 19.1 Å². The largest absolute Gasteiger partial charge is 0.481 e. The van der Waals surface area contributed by atoms with Crippen LogP contribution >= 0.6 is 0 Å². The van der Waals surface area contributed by atoms with E-state index in [9.17, 15) is 24.3 Å². The topological polar surface area (TPSA) is 143 Å². The molecule has 31 heavy (non-hydrogen) atoms. The molecular weight excluding hydrogens is 406 g/mol. The summed E-state index contributed by atoms with van der Waals surface area (Å²) in [5, 5.41) is 21.0. The van der Waals surface area contributed by atoms with Gasteiger partial charge in [-0.3, -0.25) is 9.59 Å². The minimum atomic E-state index is -1.34. The molecule has 2 aromatic rings. The molecule has 1 amide bonds. The van der Waals surface area contributed by atoms with Crippen molar-refractivity contribution in [3.05, 3.63) is 39.7 Å². The van der Waals surface area contributed by atoms with Gasteiger partial charge in [-0.25, -0.2) is 9.59 Å². The van der Waals surface area contributed by atoms with Gasteiger partial charge in [-0.05, 0) is 50.8 Å². The summed E-state index contributed by atoms with van der Waals surface area (Å²) in [7, 11) is 0. The van der Waals surface area contributed by atoms with Crippen LogP contribution in [-0.2, 0) is 20.8 Å². The first-order valence-corrected chi connectivity index (χ1v) is 10.1. The number of aryl methyl sites for hydroxylation is 2. The Morgan fingerprint density at radius 2 is 1.94 bits per heavy atom. The van der Waals surface area contributed by atoms with Crippen molar-refractivity contribution in [2.45, 2.75) is 65.0 Å². The Morgan fingerprint density at radius 1 is 1.23 bits per heavy atom. The molecule has 0 aliphatic carbocycles. The van der Waals surface area contributed by atoms with Gasteiger partial charge in [-0.15, -0.1) is 0 Å². The maximum absolute atomic E-state index is 12.4. The first-order chi connectivity index (χ1) is 14.6. The molecule has 0 saturated carbocycles. The van der Waals surface area contributed by atoms with Crippen molar-refractivity contribution < 1.29 is 33.8 Å². The van der Waals surface area contributed by atoms with Gasteiger partial charge < -0.3 is 24.7 Å². The quantitative estimate of drug-likeness (QED) is 0.459. The van der Waals surface area contributed by atoms with E-state index < -0.39 is 42.0 Å². The van der Waals surface area contributed by atoms with Crippen LogP contribution in [0.25, 0.3) is 11.0 Å². The van der Waals surface area contributed by atoms with Crippen molar-refractivity contribution >= 4 is 28.8 Å². The predicted octanol–water partition coefficient (Wildman–Crippen LogP) is 2.65. The number of carbonyl (C=O) groups excluding carboxylic acids is 1. The number of fused-ring (bicyclic) bond motifs is 1. The van der Waals surface area contributed by atoms with Crippen molar-refractivity contribution in [1.29, 1.82) is 0 Å². The van der Waals surface area contributed by atoms with Crippen LogP contribution in [0.1, 0.15) is 50.7 Å². The molecule has 168 valence electrons. The van der Waals surface area contributed by atoms with Gasteiger partial charge in [-0.2, -0.15) is 0 Å². The summed E-state index contributed by atoms with van der Waals surface area (Å²) in [6, 6.07) is 3.59. The Labute approximate surface area is 179 Å². The number of unbranched alkanes of at least 4 members (excludes halogenated alkanes) is 1. The lowest BCUT2D eigenvalue weighted by molar-refractivity contribution is -0.144. The molecule has 0 saturated heterocycles. The summed E-state index contributed by atoms with van der Waals surface area (Å²) in [5.41, 5.74) is 1.35. The number of rotatable bonds is 11. The van der Waals surface area contributed by atoms with Crippen molar-refractivity contribution in [2.24, 2.45) is 0 Å². The maximum Gasteiger partial charge on any atom is 0.336 e. The van der Waals surface area contributed by atoms with Crippen LogP contribution in [0, 0.1) is 6.92 Å². The number of amides is 1. The number of carbonyl (C=O) groups is 3. The van der Waals surface area contributed by atoms with E-state index in [4.69, 9.17) is 14.3 Å². The van der Waals surface area contributed by atoms with Crippen LogP contribution in [0.3, 0.4) is 0 Å². The average Bonchev–Trinajstić information content (AvgIpc) is 2.70. The van der Waals surface area contributed by atoms with Gasteiger partial charge in [0.25, 0.3) is 5.91 Å². The summed E-state index contributed by atoms with van der Waals surface area (Å²) in [6.45, 7) is 5.22. The summed E-state index contributed by atoms with van der Waals surface area (Å²) in [6.07, 6.45) is 0.958. The first-order valence-electron chi connectivity index (χ1n) is 10.1. The molecule has 1 aromatic carbocycles. The van der Waals surface area contributed by atoms with Crippen LogP contribution in [0.5, 0.6) is 5.75 Å². The molecule has 0 aliphatic heterocycles. The molecule has 9 nitrogen and oxygen atoms in total. The molecule has 0 aliphatic rings. The zero-order valence-electron chi connectivity index (χ0n) is 17.8. The third-order valence-electron chi connectivity index (χ3n) is 4.93. The molecule has 2 atom stereocenters. The van der Waals surface area contributed by atoms with Gasteiger partial charge in [0, 0.05) is 23.4 Å². The summed E-state index contributed by atoms with van der Waals surface area (Å²) in [5.74, 6) is -2.86. The van der Waals surface area contributed by atoms with Crippen molar-refractivity contribution in [1.82, 2.24) is 5.32 Å². The maximum atomic E-state index is 12.4. The highest BCUT2D eigenvalue weighted by molar-refractivity contribution is 5.87. The minimum absolute atomic E-state index is 0.246. The van der Waals surface area contributed by atoms with Gasteiger partial charge in [0.1, 0.15) is 17.4 Å². The molecular formula is C22H27NO8. The normalized spacial score (nSPS) is 12.9. The standard InChI is InChI=1S/C22H27NO8/c1-4-5-6-14-11-19(26)31-20-12(2)17(9-7-15(14)20)30-13(3)21(27)23-16(22(28)29)8-10-18(24)25/h7,9,11,13,16H,4-6,8,10H2,1-3H3,(H,23,27)(H,24,25)(H,28,29)/t13-,16+/m1/s1. The van der Waals surface area contributed by atoms with Crippen molar-refractivity contribution in [3.8, 4) is 5.75 Å². The Bertz CT molecular complexity index is 1030. The number of aliphatic carboxylic acids is 2. The third-order valence-corrected chi connectivity index (χ3v) is 4.93. The molecule has 0 unspecified atom stereocenters. The monoisotopic (exact) mass is 433 g/mol. The molecule has 0 spiro atoms. The van der Waals surface area contributed by atoms with Crippen LogP contribution in [-0.4, -0.2) is 40.2 Å². The predicted molar refractivity (Wildman–Crippen MR) is 112 cm³/mol. The number of hydrogen-bond donors (Lipinski definition) is 3. The summed E-state index contributed by atoms with van der Waals surface area (Å²) >= 11 is 0. The number of carboxylic acid groups (broad SMARTS) is 2. The molecule has 1 aromatic heterocycles. The second kappa shape index (κ2) is 10.6. The van der Waals surface area contributed by atoms with Crippen LogP contribution < -0.4 is 15.7 Å². The average molecular weight is 433 g/mol. The van der Waals surface area contributed by atoms with Crippen LogP contribution in [0.2, 0.25) is 0 Å². The van der Waals surface area contributed by atoms with Gasteiger partial charge in [0.15, 0.2) is 6.10 Å². The lowest BCUT2D eigenvalue weighted by atomic mass is 10.0. The van der Waals surface area contributed by atoms with Gasteiger partial charge in [0.2, 0.25) is 0 Å². The zero-order valence-corrected chi connectivity index (χ0v) is 17.8. The SMILES string of the molecule is CCCCc1cc(=O)oc2c(C)c(O[C@H](C)C(=O)N[C@@H](CCC(=O)O)C(=O)O)ccc12. The van der Waals surface area contributed by atoms with E-state index in [0.29, 0.717) is 16.9 Å². The molecule has 1 heterocycles. The lowest BCUT2D eigenvalue weighted by Gasteiger charge is -2.20. The fraction of sp³-hybridized carbons (Fsp3) is 0.455. The summed E-state index contributed by atoms with van der Waals surface area (Å²) in [4.78, 5) is 46.3. The zero-order chi connectivity index (χ0) is 23.1. The number of carboxylic acids is 2. The molecule has 0 fully saturated rings. The molecule has 9 heteroatoms. The molecule has 2 rings (SSSR count).